The van der Waals surface area contributed by atoms with E-state index in [9.17, 15) is 8.42 Å². The fraction of sp³-hybridized carbons (Fsp3) is 0. The van der Waals surface area contributed by atoms with Crippen molar-refractivity contribution in [2.24, 2.45) is 0 Å². The van der Waals surface area contributed by atoms with Crippen LogP contribution in [-0.4, -0.2) is 17.4 Å². The van der Waals surface area contributed by atoms with Crippen LogP contribution in [0.1, 0.15) is 0 Å². The average molecular weight is 257 g/mol. The number of benzene rings is 1. The zero-order chi connectivity index (χ0) is 12.6. The molecule has 5 heteroatoms. The number of pyridine rings is 1. The highest BCUT2D eigenvalue weighted by atomic mass is 32.2. The van der Waals surface area contributed by atoms with Gasteiger partial charge in [-0.3, -0.25) is 4.98 Å². The molecule has 0 atom stereocenters. The SMILES string of the molecule is O=S(=O)(c1ccccc1)n1ccc2[c]nccc21. The molecule has 0 unspecified atom stereocenters. The molecule has 4 nitrogen and oxygen atoms in total. The largest absolute Gasteiger partial charge is 0.268 e. The maximum atomic E-state index is 12.4. The lowest BCUT2D eigenvalue weighted by molar-refractivity contribution is 0.589. The second kappa shape index (κ2) is 3.96. The van der Waals surface area contributed by atoms with Gasteiger partial charge in [-0.05, 0) is 24.3 Å². The quantitative estimate of drug-likeness (QED) is 0.706. The predicted octanol–water partition coefficient (Wildman–Crippen LogP) is 2.07. The molecule has 1 radical (unpaired) electrons. The third-order valence-electron chi connectivity index (χ3n) is 2.68. The first kappa shape index (κ1) is 11.0. The normalized spacial score (nSPS) is 11.8. The van der Waals surface area contributed by atoms with Crippen molar-refractivity contribution < 1.29 is 8.42 Å². The molecule has 0 aliphatic carbocycles. The summed E-state index contributed by atoms with van der Waals surface area (Å²) in [6.07, 6.45) is 5.81. The summed E-state index contributed by atoms with van der Waals surface area (Å²) in [5.41, 5.74) is 0.578. The first-order chi connectivity index (χ1) is 8.69. The van der Waals surface area contributed by atoms with Gasteiger partial charge in [0.15, 0.2) is 0 Å². The van der Waals surface area contributed by atoms with Crippen LogP contribution in [0, 0.1) is 6.20 Å². The maximum Gasteiger partial charge on any atom is 0.268 e. The molecular weight excluding hydrogens is 248 g/mol. The number of nitrogens with zero attached hydrogens (tertiary/aromatic N) is 2. The summed E-state index contributed by atoms with van der Waals surface area (Å²) in [7, 11) is -3.55. The van der Waals surface area contributed by atoms with Crippen LogP contribution in [0.4, 0.5) is 0 Å². The van der Waals surface area contributed by atoms with E-state index in [0.29, 0.717) is 10.9 Å². The van der Waals surface area contributed by atoms with Crippen LogP contribution in [0.5, 0.6) is 0 Å². The molecule has 18 heavy (non-hydrogen) atoms. The topological polar surface area (TPSA) is 52.0 Å². The van der Waals surface area contributed by atoms with E-state index in [4.69, 9.17) is 0 Å². The average Bonchev–Trinajstić information content (AvgIpc) is 2.84. The third-order valence-corrected chi connectivity index (χ3v) is 4.39. The standard InChI is InChI=1S/C13H9N2O2S/c16-18(17,12-4-2-1-3-5-12)15-9-7-11-10-14-8-6-13(11)15/h1-9H. The van der Waals surface area contributed by atoms with Crippen LogP contribution in [-0.2, 0) is 10.0 Å². The van der Waals surface area contributed by atoms with Gasteiger partial charge in [0.2, 0.25) is 0 Å². The van der Waals surface area contributed by atoms with E-state index in [2.05, 4.69) is 11.2 Å². The van der Waals surface area contributed by atoms with E-state index in [1.54, 1.807) is 42.5 Å². The lowest BCUT2D eigenvalue weighted by Crippen LogP contribution is -2.11. The van der Waals surface area contributed by atoms with Crippen molar-refractivity contribution in [3.8, 4) is 0 Å². The molecule has 0 fully saturated rings. The van der Waals surface area contributed by atoms with Crippen molar-refractivity contribution >= 4 is 20.9 Å². The number of fused-ring (bicyclic) bond motifs is 1. The number of aromatic nitrogens is 2. The Labute approximate surface area is 105 Å². The molecule has 1 aromatic carbocycles. The predicted molar refractivity (Wildman–Crippen MR) is 67.6 cm³/mol. The van der Waals surface area contributed by atoms with Crippen LogP contribution < -0.4 is 0 Å². The van der Waals surface area contributed by atoms with Gasteiger partial charge < -0.3 is 0 Å². The van der Waals surface area contributed by atoms with Gasteiger partial charge in [-0.2, -0.15) is 0 Å². The van der Waals surface area contributed by atoms with Gasteiger partial charge in [0, 0.05) is 17.8 Å². The molecule has 0 aliphatic rings. The van der Waals surface area contributed by atoms with Crippen molar-refractivity contribution in [2.75, 3.05) is 0 Å². The molecule has 3 aromatic rings. The second-order valence-electron chi connectivity index (χ2n) is 3.79. The highest BCUT2D eigenvalue weighted by Gasteiger charge is 2.18. The Bertz CT molecular complexity index is 792. The van der Waals surface area contributed by atoms with E-state index in [0.717, 1.165) is 0 Å². The molecule has 0 aliphatic heterocycles. The number of rotatable bonds is 2. The van der Waals surface area contributed by atoms with Crippen molar-refractivity contribution in [1.82, 2.24) is 8.96 Å². The summed E-state index contributed by atoms with van der Waals surface area (Å²) < 4.78 is 26.1. The Hall–Kier alpha value is -2.14. The summed E-state index contributed by atoms with van der Waals surface area (Å²) in [4.78, 5) is 4.11. The van der Waals surface area contributed by atoms with Crippen LogP contribution >= 0.6 is 0 Å². The monoisotopic (exact) mass is 257 g/mol. The fourth-order valence-corrected chi connectivity index (χ4v) is 3.18. The van der Waals surface area contributed by atoms with Gasteiger partial charge in [-0.1, -0.05) is 18.2 Å². The molecule has 0 saturated heterocycles. The van der Waals surface area contributed by atoms with Gasteiger partial charge in [0.05, 0.1) is 16.6 Å². The van der Waals surface area contributed by atoms with Gasteiger partial charge in [0.25, 0.3) is 10.0 Å². The molecule has 0 N–H and O–H groups in total. The molecule has 0 saturated carbocycles. The summed E-state index contributed by atoms with van der Waals surface area (Å²) in [5, 5.41) is 0.678. The fourth-order valence-electron chi connectivity index (χ4n) is 1.81. The zero-order valence-corrected chi connectivity index (χ0v) is 10.1. The highest BCUT2D eigenvalue weighted by molar-refractivity contribution is 7.90. The lowest BCUT2D eigenvalue weighted by atomic mass is 10.3. The Balaban J connectivity index is 2.27. The minimum absolute atomic E-state index is 0.263. The summed E-state index contributed by atoms with van der Waals surface area (Å²) >= 11 is 0. The van der Waals surface area contributed by atoms with Gasteiger partial charge >= 0.3 is 0 Å². The molecule has 2 aromatic heterocycles. The first-order valence-corrected chi connectivity index (χ1v) is 6.78. The summed E-state index contributed by atoms with van der Waals surface area (Å²) in [5.74, 6) is 0. The van der Waals surface area contributed by atoms with Crippen LogP contribution in [0.15, 0.2) is 59.8 Å². The van der Waals surface area contributed by atoms with E-state index in [1.165, 1.54) is 16.4 Å². The lowest BCUT2D eigenvalue weighted by Gasteiger charge is -2.06. The van der Waals surface area contributed by atoms with E-state index in [-0.39, 0.29) is 4.90 Å². The molecule has 2 heterocycles. The number of hydrogen-bond acceptors (Lipinski definition) is 3. The molecule has 0 spiro atoms. The smallest absolute Gasteiger partial charge is 0.254 e. The van der Waals surface area contributed by atoms with E-state index < -0.39 is 10.0 Å². The van der Waals surface area contributed by atoms with Crippen LogP contribution in [0.25, 0.3) is 10.9 Å². The van der Waals surface area contributed by atoms with E-state index in [1.807, 2.05) is 0 Å². The Morgan fingerprint density at radius 2 is 1.83 bits per heavy atom. The molecular formula is C13H9N2O2S. The van der Waals surface area contributed by atoms with Crippen LogP contribution in [0.2, 0.25) is 0 Å². The highest BCUT2D eigenvalue weighted by Crippen LogP contribution is 2.20. The minimum atomic E-state index is -3.55. The maximum absolute atomic E-state index is 12.4. The summed E-state index contributed by atoms with van der Waals surface area (Å²) in [6.45, 7) is 0. The van der Waals surface area contributed by atoms with Gasteiger partial charge in [-0.15, -0.1) is 0 Å². The molecule has 0 bridgehead atoms. The van der Waals surface area contributed by atoms with Crippen molar-refractivity contribution in [2.45, 2.75) is 4.90 Å². The van der Waals surface area contributed by atoms with Crippen molar-refractivity contribution in [1.29, 1.82) is 0 Å². The zero-order valence-electron chi connectivity index (χ0n) is 9.32. The second-order valence-corrected chi connectivity index (χ2v) is 5.60. The Morgan fingerprint density at radius 1 is 1.06 bits per heavy atom. The molecule has 0 amide bonds. The molecule has 89 valence electrons. The van der Waals surface area contributed by atoms with Gasteiger partial charge in [-0.25, -0.2) is 12.4 Å². The Kier molecular flexibility index (Phi) is 2.41. The van der Waals surface area contributed by atoms with E-state index >= 15 is 0 Å². The first-order valence-electron chi connectivity index (χ1n) is 5.34. The van der Waals surface area contributed by atoms with Crippen LogP contribution in [0.3, 0.4) is 0 Å². The summed E-state index contributed by atoms with van der Waals surface area (Å²) in [6, 6.07) is 11.7. The Morgan fingerprint density at radius 3 is 2.61 bits per heavy atom. The third kappa shape index (κ3) is 1.60. The number of hydrogen-bond donors (Lipinski definition) is 0. The minimum Gasteiger partial charge on any atom is -0.254 e. The van der Waals surface area contributed by atoms with Gasteiger partial charge in [0.1, 0.15) is 0 Å². The van der Waals surface area contributed by atoms with Crippen molar-refractivity contribution in [3.63, 3.8) is 0 Å². The molecule has 3 rings (SSSR count). The van der Waals surface area contributed by atoms with Crippen molar-refractivity contribution in [3.05, 3.63) is 61.1 Å².